The Balaban J connectivity index is 1.53. The van der Waals surface area contributed by atoms with Crippen LogP contribution < -0.4 is 15.6 Å². The van der Waals surface area contributed by atoms with Gasteiger partial charge in [-0.3, -0.25) is 10.2 Å². The Morgan fingerprint density at radius 2 is 1.79 bits per heavy atom. The fourth-order valence-electron chi connectivity index (χ4n) is 5.01. The number of hydrogen-bond acceptors (Lipinski definition) is 4. The smallest absolute Gasteiger partial charge is 0.241 e. The number of carbonyl (C=O) groups excluding carboxylic acids is 1. The molecule has 0 spiro atoms. The summed E-state index contributed by atoms with van der Waals surface area (Å²) in [4.78, 5) is 14.7. The number of sulfonamides is 1. The summed E-state index contributed by atoms with van der Waals surface area (Å²) in [5.74, 6) is -1.29. The summed E-state index contributed by atoms with van der Waals surface area (Å²) < 4.78 is 39.2. The number of alkyl halides is 2. The standard InChI is InChI=1S/C19H33ClFN3O3S/c20-16-11-14(17-8-4-5-9-22-17)10-15(18(16)21)19(25)23-24-28(26,27)12-13-6-2-1-3-7-13/h13-18,22,24H,1-12H2,(H,23,25). The first-order valence-corrected chi connectivity index (χ1v) is 12.8. The summed E-state index contributed by atoms with van der Waals surface area (Å²) in [5.41, 5.74) is 2.26. The highest BCUT2D eigenvalue weighted by molar-refractivity contribution is 7.89. The van der Waals surface area contributed by atoms with Crippen LogP contribution in [0.15, 0.2) is 0 Å². The number of hydrogen-bond donors (Lipinski definition) is 3. The van der Waals surface area contributed by atoms with Crippen LogP contribution in [0.25, 0.3) is 0 Å². The molecule has 2 saturated carbocycles. The maximum atomic E-state index is 14.6. The highest BCUT2D eigenvalue weighted by atomic mass is 35.5. The molecule has 5 unspecified atom stereocenters. The fraction of sp³-hybridized carbons (Fsp3) is 0.947. The molecule has 1 heterocycles. The third kappa shape index (κ3) is 6.03. The van der Waals surface area contributed by atoms with Crippen molar-refractivity contribution in [3.05, 3.63) is 0 Å². The van der Waals surface area contributed by atoms with Crippen molar-refractivity contribution < 1.29 is 17.6 Å². The normalized spacial score (nSPS) is 35.4. The lowest BCUT2D eigenvalue weighted by Gasteiger charge is -2.40. The predicted octanol–water partition coefficient (Wildman–Crippen LogP) is 2.63. The van der Waals surface area contributed by atoms with Gasteiger partial charge in [-0.1, -0.05) is 25.7 Å². The Bertz CT molecular complexity index is 624. The van der Waals surface area contributed by atoms with E-state index in [1.165, 1.54) is 0 Å². The molecule has 0 bridgehead atoms. The number of carbonyl (C=O) groups is 1. The second kappa shape index (κ2) is 10.0. The van der Waals surface area contributed by atoms with E-state index in [1.54, 1.807) is 0 Å². The Morgan fingerprint density at radius 3 is 2.46 bits per heavy atom. The van der Waals surface area contributed by atoms with Crippen molar-refractivity contribution in [3.63, 3.8) is 0 Å². The van der Waals surface area contributed by atoms with Crippen molar-refractivity contribution in [1.82, 2.24) is 15.6 Å². The predicted molar refractivity (Wildman–Crippen MR) is 108 cm³/mol. The van der Waals surface area contributed by atoms with Crippen LogP contribution in [0.3, 0.4) is 0 Å². The second-order valence-electron chi connectivity index (χ2n) is 8.73. The third-order valence-electron chi connectivity index (χ3n) is 6.58. The molecule has 0 radical (unpaired) electrons. The van der Waals surface area contributed by atoms with Gasteiger partial charge >= 0.3 is 0 Å². The van der Waals surface area contributed by atoms with Gasteiger partial charge in [0.25, 0.3) is 0 Å². The Labute approximate surface area is 172 Å². The molecule has 0 aromatic rings. The lowest BCUT2D eigenvalue weighted by atomic mass is 9.74. The summed E-state index contributed by atoms with van der Waals surface area (Å²) in [5, 5.41) is 2.74. The van der Waals surface area contributed by atoms with E-state index in [1.807, 2.05) is 0 Å². The van der Waals surface area contributed by atoms with E-state index in [9.17, 15) is 17.6 Å². The van der Waals surface area contributed by atoms with Crippen molar-refractivity contribution in [2.24, 2.45) is 17.8 Å². The van der Waals surface area contributed by atoms with Gasteiger partial charge in [0, 0.05) is 6.04 Å². The molecule has 1 amide bonds. The van der Waals surface area contributed by atoms with E-state index in [-0.39, 0.29) is 23.6 Å². The van der Waals surface area contributed by atoms with Crippen LogP contribution in [0.2, 0.25) is 0 Å². The summed E-state index contributed by atoms with van der Waals surface area (Å²) in [7, 11) is -3.63. The van der Waals surface area contributed by atoms with Crippen molar-refractivity contribution in [3.8, 4) is 0 Å². The van der Waals surface area contributed by atoms with Crippen molar-refractivity contribution >= 4 is 27.5 Å². The zero-order valence-electron chi connectivity index (χ0n) is 16.3. The molecule has 3 aliphatic rings. The molecule has 5 atom stereocenters. The summed E-state index contributed by atoms with van der Waals surface area (Å²) in [6.07, 6.45) is 7.76. The van der Waals surface area contributed by atoms with Crippen LogP contribution >= 0.6 is 11.6 Å². The molecule has 2 aliphatic carbocycles. The molecule has 0 aromatic carbocycles. The molecule has 6 nitrogen and oxygen atoms in total. The summed E-state index contributed by atoms with van der Waals surface area (Å²) in [6.45, 7) is 0.936. The van der Waals surface area contributed by atoms with E-state index in [4.69, 9.17) is 11.6 Å². The number of hydrazine groups is 1. The maximum Gasteiger partial charge on any atom is 0.241 e. The number of rotatable bonds is 6. The van der Waals surface area contributed by atoms with Crippen LogP contribution in [0.4, 0.5) is 4.39 Å². The highest BCUT2D eigenvalue weighted by Crippen LogP contribution is 2.38. The summed E-state index contributed by atoms with van der Waals surface area (Å²) in [6, 6.07) is 0.251. The van der Waals surface area contributed by atoms with Gasteiger partial charge < -0.3 is 5.32 Å². The quantitative estimate of drug-likeness (QED) is 0.440. The minimum atomic E-state index is -3.63. The lowest BCUT2D eigenvalue weighted by Crippen LogP contribution is -2.53. The van der Waals surface area contributed by atoms with Gasteiger partial charge in [0.1, 0.15) is 6.17 Å². The average molecular weight is 438 g/mol. The average Bonchev–Trinajstić information content (AvgIpc) is 2.69. The Kier molecular flexibility index (Phi) is 7.98. The molecule has 9 heteroatoms. The van der Waals surface area contributed by atoms with E-state index < -0.39 is 33.4 Å². The monoisotopic (exact) mass is 437 g/mol. The van der Waals surface area contributed by atoms with Crippen molar-refractivity contribution in [1.29, 1.82) is 0 Å². The van der Waals surface area contributed by atoms with E-state index >= 15 is 0 Å². The zero-order valence-corrected chi connectivity index (χ0v) is 17.9. The van der Waals surface area contributed by atoms with Gasteiger partial charge in [-0.05, 0) is 56.9 Å². The molecule has 0 aromatic heterocycles. The number of halogens is 2. The molecule has 3 N–H and O–H groups in total. The minimum Gasteiger partial charge on any atom is -0.314 e. The molecule has 3 rings (SSSR count). The van der Waals surface area contributed by atoms with Crippen LogP contribution in [0, 0.1) is 17.8 Å². The van der Waals surface area contributed by atoms with Gasteiger partial charge in [0.05, 0.1) is 17.0 Å². The zero-order chi connectivity index (χ0) is 20.1. The molecular formula is C19H33ClFN3O3S. The first kappa shape index (κ1) is 22.2. The Morgan fingerprint density at radius 1 is 1.07 bits per heavy atom. The largest absolute Gasteiger partial charge is 0.314 e. The van der Waals surface area contributed by atoms with Crippen molar-refractivity contribution in [2.75, 3.05) is 12.3 Å². The minimum absolute atomic E-state index is 0.00372. The number of piperidine rings is 1. The van der Waals surface area contributed by atoms with Crippen molar-refractivity contribution in [2.45, 2.75) is 81.8 Å². The lowest BCUT2D eigenvalue weighted by molar-refractivity contribution is -0.129. The van der Waals surface area contributed by atoms with Gasteiger partial charge in [-0.2, -0.15) is 0 Å². The molecule has 28 heavy (non-hydrogen) atoms. The van der Waals surface area contributed by atoms with Gasteiger partial charge in [0.2, 0.25) is 15.9 Å². The third-order valence-corrected chi connectivity index (χ3v) is 8.32. The Hall–Kier alpha value is -0.440. The first-order valence-electron chi connectivity index (χ1n) is 10.7. The van der Waals surface area contributed by atoms with Crippen LogP contribution in [0.5, 0.6) is 0 Å². The summed E-state index contributed by atoms with van der Waals surface area (Å²) >= 11 is 6.22. The molecule has 3 fully saturated rings. The van der Waals surface area contributed by atoms with E-state index in [0.29, 0.717) is 12.8 Å². The van der Waals surface area contributed by atoms with Crippen LogP contribution in [-0.2, 0) is 14.8 Å². The van der Waals surface area contributed by atoms with Crippen LogP contribution in [-0.4, -0.2) is 44.2 Å². The van der Waals surface area contributed by atoms with Crippen LogP contribution in [0.1, 0.15) is 64.2 Å². The highest BCUT2D eigenvalue weighted by Gasteiger charge is 2.43. The molecule has 1 saturated heterocycles. The number of nitrogens with one attached hydrogen (secondary N) is 3. The topological polar surface area (TPSA) is 87.3 Å². The van der Waals surface area contributed by atoms with E-state index in [2.05, 4.69) is 15.6 Å². The first-order chi connectivity index (χ1) is 13.4. The van der Waals surface area contributed by atoms with Gasteiger partial charge in [0.15, 0.2) is 0 Å². The molecule has 1 aliphatic heterocycles. The maximum absolute atomic E-state index is 14.6. The fourth-order valence-corrected chi connectivity index (χ4v) is 6.71. The molecule has 162 valence electrons. The molecular weight excluding hydrogens is 405 g/mol. The number of amides is 1. The SMILES string of the molecule is O=C(NNS(=O)(=O)CC1CCCCC1)C1CC(C2CCCCN2)CC(Cl)C1F. The van der Waals surface area contributed by atoms with Gasteiger partial charge in [-0.25, -0.2) is 12.8 Å². The second-order valence-corrected chi connectivity index (χ2v) is 11.1. The van der Waals surface area contributed by atoms with E-state index in [0.717, 1.165) is 57.9 Å². The van der Waals surface area contributed by atoms with Gasteiger partial charge in [-0.15, -0.1) is 16.4 Å².